The van der Waals surface area contributed by atoms with Crippen molar-refractivity contribution in [1.82, 2.24) is 5.32 Å². The fourth-order valence-electron chi connectivity index (χ4n) is 2.90. The number of rotatable bonds is 6. The first kappa shape index (κ1) is 14.9. The van der Waals surface area contributed by atoms with E-state index in [9.17, 15) is 0 Å². The Hall–Kier alpha value is -2.00. The van der Waals surface area contributed by atoms with Gasteiger partial charge in [0.15, 0.2) is 11.5 Å². The average Bonchev–Trinajstić information content (AvgIpc) is 3.02. The van der Waals surface area contributed by atoms with Crippen LogP contribution in [0.2, 0.25) is 0 Å². The van der Waals surface area contributed by atoms with Gasteiger partial charge in [-0.05, 0) is 36.6 Å². The van der Waals surface area contributed by atoms with Crippen LogP contribution >= 0.6 is 0 Å². The Morgan fingerprint density at radius 2 is 1.77 bits per heavy atom. The Labute approximate surface area is 132 Å². The van der Waals surface area contributed by atoms with Crippen LogP contribution in [0.4, 0.5) is 0 Å². The fourth-order valence-corrected chi connectivity index (χ4v) is 2.90. The highest BCUT2D eigenvalue weighted by Crippen LogP contribution is 2.35. The first-order valence-corrected chi connectivity index (χ1v) is 7.98. The van der Waals surface area contributed by atoms with Gasteiger partial charge in [-0.2, -0.15) is 0 Å². The van der Waals surface area contributed by atoms with Crippen LogP contribution in [-0.2, 0) is 0 Å². The molecule has 0 aromatic heterocycles. The van der Waals surface area contributed by atoms with E-state index in [0.717, 1.165) is 24.3 Å². The maximum absolute atomic E-state index is 5.51. The molecule has 0 aliphatic carbocycles. The highest BCUT2D eigenvalue weighted by atomic mass is 16.7. The van der Waals surface area contributed by atoms with E-state index in [-0.39, 0.29) is 0 Å². The third-order valence-corrected chi connectivity index (χ3v) is 4.13. The second-order valence-electron chi connectivity index (χ2n) is 5.75. The molecule has 116 valence electrons. The highest BCUT2D eigenvalue weighted by molar-refractivity contribution is 5.45. The maximum Gasteiger partial charge on any atom is 0.231 e. The average molecular weight is 297 g/mol. The van der Waals surface area contributed by atoms with Crippen LogP contribution in [0.5, 0.6) is 11.5 Å². The fraction of sp³-hybridized carbons (Fsp3) is 0.368. The standard InChI is InChI=1S/C19H23NO2/c1-3-7-17(20-14(2)15-8-5-4-6-9-15)16-10-11-18-19(12-16)22-13-21-18/h4-6,8-12,14,17,20H,3,7,13H2,1-2H3/t14?,17-/m0/s1. The zero-order valence-corrected chi connectivity index (χ0v) is 13.2. The summed E-state index contributed by atoms with van der Waals surface area (Å²) in [4.78, 5) is 0. The van der Waals surface area contributed by atoms with Crippen LogP contribution < -0.4 is 14.8 Å². The molecule has 1 N–H and O–H groups in total. The van der Waals surface area contributed by atoms with Crippen molar-refractivity contribution in [3.05, 3.63) is 59.7 Å². The van der Waals surface area contributed by atoms with E-state index in [2.05, 4.69) is 61.6 Å². The van der Waals surface area contributed by atoms with E-state index in [4.69, 9.17) is 9.47 Å². The molecule has 0 fully saturated rings. The van der Waals surface area contributed by atoms with Gasteiger partial charge in [0, 0.05) is 12.1 Å². The van der Waals surface area contributed by atoms with Crippen molar-refractivity contribution in [2.75, 3.05) is 6.79 Å². The van der Waals surface area contributed by atoms with Crippen molar-refractivity contribution in [2.45, 2.75) is 38.8 Å². The van der Waals surface area contributed by atoms with Crippen molar-refractivity contribution in [1.29, 1.82) is 0 Å². The molecule has 0 spiro atoms. The minimum atomic E-state index is 0.308. The molecule has 3 rings (SSSR count). The van der Waals surface area contributed by atoms with E-state index >= 15 is 0 Å². The molecule has 2 atom stereocenters. The summed E-state index contributed by atoms with van der Waals surface area (Å²) in [5.41, 5.74) is 2.57. The smallest absolute Gasteiger partial charge is 0.231 e. The molecule has 1 heterocycles. The number of hydrogen-bond donors (Lipinski definition) is 1. The summed E-state index contributed by atoms with van der Waals surface area (Å²) < 4.78 is 10.9. The summed E-state index contributed by atoms with van der Waals surface area (Å²) in [6.07, 6.45) is 2.23. The molecule has 0 saturated carbocycles. The second-order valence-corrected chi connectivity index (χ2v) is 5.75. The summed E-state index contributed by atoms with van der Waals surface area (Å²) in [7, 11) is 0. The van der Waals surface area contributed by atoms with Crippen molar-refractivity contribution < 1.29 is 9.47 Å². The lowest BCUT2D eigenvalue weighted by molar-refractivity contribution is 0.174. The Kier molecular flexibility index (Phi) is 4.64. The second kappa shape index (κ2) is 6.84. The van der Waals surface area contributed by atoms with Crippen LogP contribution in [0.3, 0.4) is 0 Å². The van der Waals surface area contributed by atoms with Gasteiger partial charge in [0.25, 0.3) is 0 Å². The van der Waals surface area contributed by atoms with E-state index in [0.29, 0.717) is 18.9 Å². The van der Waals surface area contributed by atoms with Gasteiger partial charge < -0.3 is 14.8 Å². The largest absolute Gasteiger partial charge is 0.454 e. The van der Waals surface area contributed by atoms with Gasteiger partial charge in [0.05, 0.1) is 0 Å². The zero-order valence-electron chi connectivity index (χ0n) is 13.2. The predicted octanol–water partition coefficient (Wildman–Crippen LogP) is 4.61. The van der Waals surface area contributed by atoms with Crippen molar-refractivity contribution in [2.24, 2.45) is 0 Å². The summed E-state index contributed by atoms with van der Waals surface area (Å²) in [5, 5.41) is 3.75. The molecule has 0 bridgehead atoms. The van der Waals surface area contributed by atoms with Gasteiger partial charge in [-0.1, -0.05) is 49.7 Å². The van der Waals surface area contributed by atoms with Crippen LogP contribution in [0, 0.1) is 0 Å². The molecule has 2 aromatic carbocycles. The van der Waals surface area contributed by atoms with Gasteiger partial charge in [0.2, 0.25) is 6.79 Å². The van der Waals surface area contributed by atoms with E-state index in [1.807, 2.05) is 6.07 Å². The molecule has 1 aliphatic rings. The summed E-state index contributed by atoms with van der Waals surface area (Å²) >= 11 is 0. The SMILES string of the molecule is CCC[C@H](NC(C)c1ccccc1)c1ccc2c(c1)OCO2. The van der Waals surface area contributed by atoms with E-state index in [1.54, 1.807) is 0 Å². The van der Waals surface area contributed by atoms with Crippen LogP contribution in [-0.4, -0.2) is 6.79 Å². The van der Waals surface area contributed by atoms with Gasteiger partial charge >= 0.3 is 0 Å². The quantitative estimate of drug-likeness (QED) is 0.844. The molecular formula is C19H23NO2. The molecule has 3 heteroatoms. The first-order valence-electron chi connectivity index (χ1n) is 7.98. The van der Waals surface area contributed by atoms with Gasteiger partial charge in [-0.25, -0.2) is 0 Å². The minimum absolute atomic E-state index is 0.308. The first-order chi connectivity index (χ1) is 10.8. The molecule has 1 unspecified atom stereocenters. The molecular weight excluding hydrogens is 274 g/mol. The number of benzene rings is 2. The monoisotopic (exact) mass is 297 g/mol. The Balaban J connectivity index is 1.78. The van der Waals surface area contributed by atoms with Crippen molar-refractivity contribution in [3.8, 4) is 11.5 Å². The lowest BCUT2D eigenvalue weighted by Crippen LogP contribution is -2.24. The number of nitrogens with one attached hydrogen (secondary N) is 1. The van der Waals surface area contributed by atoms with Crippen LogP contribution in [0.1, 0.15) is 49.9 Å². The molecule has 2 aromatic rings. The minimum Gasteiger partial charge on any atom is -0.454 e. The topological polar surface area (TPSA) is 30.5 Å². The van der Waals surface area contributed by atoms with E-state index in [1.165, 1.54) is 11.1 Å². The molecule has 22 heavy (non-hydrogen) atoms. The molecule has 0 amide bonds. The summed E-state index contributed by atoms with van der Waals surface area (Å²) in [6.45, 7) is 4.75. The number of ether oxygens (including phenoxy) is 2. The van der Waals surface area contributed by atoms with Crippen molar-refractivity contribution in [3.63, 3.8) is 0 Å². The number of fused-ring (bicyclic) bond motifs is 1. The normalized spacial score (nSPS) is 15.5. The van der Waals surface area contributed by atoms with Gasteiger partial charge in [-0.15, -0.1) is 0 Å². The Morgan fingerprint density at radius 1 is 1.00 bits per heavy atom. The zero-order chi connectivity index (χ0) is 15.4. The molecule has 0 radical (unpaired) electrons. The molecule has 1 aliphatic heterocycles. The maximum atomic E-state index is 5.51. The third kappa shape index (κ3) is 3.25. The van der Waals surface area contributed by atoms with Crippen LogP contribution in [0.15, 0.2) is 48.5 Å². The predicted molar refractivity (Wildman–Crippen MR) is 88.2 cm³/mol. The van der Waals surface area contributed by atoms with Crippen molar-refractivity contribution >= 4 is 0 Å². The molecule has 3 nitrogen and oxygen atoms in total. The van der Waals surface area contributed by atoms with E-state index < -0.39 is 0 Å². The lowest BCUT2D eigenvalue weighted by atomic mass is 9.99. The number of hydrogen-bond acceptors (Lipinski definition) is 3. The third-order valence-electron chi connectivity index (χ3n) is 4.13. The van der Waals surface area contributed by atoms with Crippen LogP contribution in [0.25, 0.3) is 0 Å². The van der Waals surface area contributed by atoms with Gasteiger partial charge in [0.1, 0.15) is 0 Å². The highest BCUT2D eigenvalue weighted by Gasteiger charge is 2.19. The molecule has 0 saturated heterocycles. The lowest BCUT2D eigenvalue weighted by Gasteiger charge is -2.24. The van der Waals surface area contributed by atoms with Gasteiger partial charge in [-0.3, -0.25) is 0 Å². The summed E-state index contributed by atoms with van der Waals surface area (Å²) in [5.74, 6) is 1.70. The summed E-state index contributed by atoms with van der Waals surface area (Å²) in [6, 6.07) is 17.4. The Bertz CT molecular complexity index is 612. The Morgan fingerprint density at radius 3 is 2.55 bits per heavy atom.